The number of nitrogens with two attached hydrogens (primary N) is 1. The van der Waals surface area contributed by atoms with Crippen LogP contribution in [0.4, 0.5) is 10.5 Å². The number of ketones is 1. The van der Waals surface area contributed by atoms with Crippen molar-refractivity contribution >= 4 is 53.1 Å². The highest BCUT2D eigenvalue weighted by atomic mass is 16.5. The Bertz CT molecular complexity index is 1620. The Morgan fingerprint density at radius 1 is 0.710 bits per heavy atom. The fourth-order valence-electron chi connectivity index (χ4n) is 6.10. The number of benzene rings is 1. The van der Waals surface area contributed by atoms with Crippen LogP contribution in [-0.2, 0) is 49.6 Å². The van der Waals surface area contributed by atoms with Crippen molar-refractivity contribution in [3.63, 3.8) is 0 Å². The van der Waals surface area contributed by atoms with Gasteiger partial charge in [-0.2, -0.15) is 0 Å². The molecule has 348 valence electrons. The highest BCUT2D eigenvalue weighted by molar-refractivity contribution is 5.98. The van der Waals surface area contributed by atoms with E-state index in [9.17, 15) is 43.5 Å². The number of hydrogen-bond acceptors (Lipinski definition) is 13. The van der Waals surface area contributed by atoms with Gasteiger partial charge in [0.2, 0.25) is 23.6 Å². The molecule has 20 nitrogen and oxygen atoms in total. The van der Waals surface area contributed by atoms with Gasteiger partial charge in [0.15, 0.2) is 0 Å². The Labute approximate surface area is 364 Å². The SMILES string of the molecule is CC(C)C(=O)CN1CCN(CC(=O)O)CCN(CC(=O)NCCOCCC(=O)N[C@H](C(=O)N[C@@H](CCCNC(N)=O)C(=O)Nc2ccc(COC(=O)C(C)C)cc2)C(C)C)CC1. The number of amides is 6. The van der Waals surface area contributed by atoms with Crippen molar-refractivity contribution in [2.75, 3.05) is 90.5 Å². The Morgan fingerprint density at radius 3 is 1.85 bits per heavy atom. The van der Waals surface area contributed by atoms with E-state index in [1.54, 1.807) is 56.9 Å². The molecule has 8 N–H and O–H groups in total. The van der Waals surface area contributed by atoms with E-state index >= 15 is 0 Å². The molecule has 0 spiro atoms. The van der Waals surface area contributed by atoms with Crippen LogP contribution in [0.15, 0.2) is 24.3 Å². The molecule has 1 aliphatic rings. The summed E-state index contributed by atoms with van der Waals surface area (Å²) >= 11 is 0. The molecule has 1 aliphatic heterocycles. The van der Waals surface area contributed by atoms with Crippen molar-refractivity contribution in [1.29, 1.82) is 0 Å². The lowest BCUT2D eigenvalue weighted by Gasteiger charge is -2.25. The third-order valence-corrected chi connectivity index (χ3v) is 9.93. The van der Waals surface area contributed by atoms with Gasteiger partial charge in [0.1, 0.15) is 24.5 Å². The summed E-state index contributed by atoms with van der Waals surface area (Å²) in [7, 11) is 0. The fraction of sp³-hybridized carbons (Fsp3) is 0.667. The molecule has 1 aromatic rings. The molecule has 2 rings (SSSR count). The number of hydrogen-bond donors (Lipinski definition) is 7. The van der Waals surface area contributed by atoms with Gasteiger partial charge in [-0.05, 0) is 36.5 Å². The van der Waals surface area contributed by atoms with E-state index in [1.165, 1.54) is 0 Å². The monoisotopic (exact) mass is 876 g/mol. The number of nitrogens with one attached hydrogen (secondary N) is 5. The largest absolute Gasteiger partial charge is 0.480 e. The van der Waals surface area contributed by atoms with Crippen molar-refractivity contribution in [3.8, 4) is 0 Å². The number of aliphatic carboxylic acids is 1. The van der Waals surface area contributed by atoms with Gasteiger partial charge >= 0.3 is 18.0 Å². The van der Waals surface area contributed by atoms with Crippen molar-refractivity contribution in [1.82, 2.24) is 36.0 Å². The van der Waals surface area contributed by atoms with Crippen LogP contribution in [-0.4, -0.2) is 164 Å². The molecule has 1 fully saturated rings. The minimum absolute atomic E-state index is 0.0153. The topological polar surface area (TPSA) is 271 Å². The molecule has 1 aromatic carbocycles. The molecule has 20 heteroatoms. The van der Waals surface area contributed by atoms with Gasteiger partial charge in [-0.15, -0.1) is 0 Å². The summed E-state index contributed by atoms with van der Waals surface area (Å²) < 4.78 is 10.8. The maximum Gasteiger partial charge on any atom is 0.317 e. The van der Waals surface area contributed by atoms with Crippen LogP contribution in [0, 0.1) is 17.8 Å². The zero-order valence-electron chi connectivity index (χ0n) is 37.2. The number of carbonyl (C=O) groups is 8. The molecule has 0 aromatic heterocycles. The molecule has 62 heavy (non-hydrogen) atoms. The zero-order valence-corrected chi connectivity index (χ0v) is 37.2. The zero-order chi connectivity index (χ0) is 46.2. The van der Waals surface area contributed by atoms with Gasteiger partial charge in [0.25, 0.3) is 0 Å². The molecule has 0 bridgehead atoms. The summed E-state index contributed by atoms with van der Waals surface area (Å²) in [6, 6.07) is 3.94. The maximum absolute atomic E-state index is 13.5. The number of carbonyl (C=O) groups excluding carboxylic acids is 7. The molecule has 1 saturated heterocycles. The van der Waals surface area contributed by atoms with Crippen LogP contribution in [0.5, 0.6) is 0 Å². The summed E-state index contributed by atoms with van der Waals surface area (Å²) in [6.07, 6.45) is 0.382. The van der Waals surface area contributed by atoms with E-state index < -0.39 is 41.8 Å². The smallest absolute Gasteiger partial charge is 0.317 e. The number of rotatable bonds is 26. The van der Waals surface area contributed by atoms with Crippen LogP contribution in [0.2, 0.25) is 0 Å². The van der Waals surface area contributed by atoms with Gasteiger partial charge in [0, 0.05) is 70.4 Å². The highest BCUT2D eigenvalue weighted by Crippen LogP contribution is 2.14. The maximum atomic E-state index is 13.5. The Balaban J connectivity index is 1.87. The van der Waals surface area contributed by atoms with Gasteiger partial charge in [-0.25, -0.2) is 4.79 Å². The van der Waals surface area contributed by atoms with Gasteiger partial charge in [0.05, 0.1) is 38.8 Å². The molecule has 0 aliphatic carbocycles. The number of Topliss-reactive ketones (excluding diaryl/α,β-unsaturated/α-hetero) is 1. The second-order valence-electron chi connectivity index (χ2n) is 16.3. The fourth-order valence-corrected chi connectivity index (χ4v) is 6.10. The van der Waals surface area contributed by atoms with Gasteiger partial charge in [-0.3, -0.25) is 48.3 Å². The molecule has 0 unspecified atom stereocenters. The van der Waals surface area contributed by atoms with Crippen LogP contribution in [0.3, 0.4) is 0 Å². The number of ether oxygens (including phenoxy) is 2. The van der Waals surface area contributed by atoms with Crippen molar-refractivity contribution < 1.29 is 52.9 Å². The molecule has 0 radical (unpaired) electrons. The lowest BCUT2D eigenvalue weighted by molar-refractivity contribution is -0.148. The predicted octanol–water partition coefficient (Wildman–Crippen LogP) is 0.151. The summed E-state index contributed by atoms with van der Waals surface area (Å²) in [4.78, 5) is 105. The van der Waals surface area contributed by atoms with Crippen molar-refractivity contribution in [2.45, 2.75) is 79.5 Å². The number of nitrogens with zero attached hydrogens (tertiary/aromatic N) is 3. The lowest BCUT2D eigenvalue weighted by Crippen LogP contribution is -2.54. The van der Waals surface area contributed by atoms with E-state index in [0.29, 0.717) is 51.4 Å². The summed E-state index contributed by atoms with van der Waals surface area (Å²) in [5, 5.41) is 22.9. The normalized spacial score (nSPS) is 15.1. The predicted molar refractivity (Wildman–Crippen MR) is 230 cm³/mol. The highest BCUT2D eigenvalue weighted by Gasteiger charge is 2.29. The van der Waals surface area contributed by atoms with E-state index in [1.807, 2.05) is 23.6 Å². The number of esters is 1. The Kier molecular flexibility index (Phi) is 24.3. The summed E-state index contributed by atoms with van der Waals surface area (Å²) in [5.41, 5.74) is 6.33. The molecule has 0 saturated carbocycles. The molecule has 6 amide bonds. The standard InChI is InChI=1S/C42H69N9O11/c1-28(2)34(52)24-49-16-18-50(19-21-51(20-17-49)26-37(55)56)25-36(54)44-15-23-61-22-13-35(53)48-38(29(3)4)40(58)47-33(8-7-14-45-42(43)60)39(57)46-32-11-9-31(10-12-32)27-62-41(59)30(5)6/h9-12,28-30,33,38H,7-8,13-27H2,1-6H3,(H,44,54)(H,46,57)(H,47,58)(H,48,53)(H,55,56)(H3,43,45,60)/t33-,38-/m0/s1. The second-order valence-corrected chi connectivity index (χ2v) is 16.3. The third-order valence-electron chi connectivity index (χ3n) is 9.93. The minimum Gasteiger partial charge on any atom is -0.480 e. The second kappa shape index (κ2) is 28.4. The summed E-state index contributed by atoms with van der Waals surface area (Å²) in [6.45, 7) is 14.5. The Hall–Kier alpha value is -5.18. The molecular weight excluding hydrogens is 807 g/mol. The number of urea groups is 1. The number of carboxylic acid groups (broad SMARTS) is 1. The first kappa shape index (κ1) is 53.0. The van der Waals surface area contributed by atoms with Gasteiger partial charge < -0.3 is 46.9 Å². The third kappa shape index (κ3) is 22.1. The lowest BCUT2D eigenvalue weighted by atomic mass is 10.0. The van der Waals surface area contributed by atoms with Crippen LogP contribution in [0.1, 0.15) is 66.4 Å². The molecular formula is C42H69N9O11. The first-order valence-electron chi connectivity index (χ1n) is 21.3. The average Bonchev–Trinajstić information content (AvgIpc) is 3.28. The first-order valence-corrected chi connectivity index (χ1v) is 21.3. The van der Waals surface area contributed by atoms with E-state index in [-0.39, 0.29) is 101 Å². The summed E-state index contributed by atoms with van der Waals surface area (Å²) in [5.74, 6) is -3.72. The van der Waals surface area contributed by atoms with Gasteiger partial charge in [-0.1, -0.05) is 53.7 Å². The van der Waals surface area contributed by atoms with Crippen LogP contribution < -0.4 is 32.3 Å². The number of primary amides is 1. The number of anilines is 1. The van der Waals surface area contributed by atoms with Crippen LogP contribution >= 0.6 is 0 Å². The average molecular weight is 876 g/mol. The van der Waals surface area contributed by atoms with E-state index in [4.69, 9.17) is 15.2 Å². The first-order chi connectivity index (χ1) is 29.3. The number of carboxylic acids is 1. The Morgan fingerprint density at radius 2 is 1.31 bits per heavy atom. The molecule has 1 heterocycles. The minimum atomic E-state index is -1.03. The van der Waals surface area contributed by atoms with Crippen LogP contribution in [0.25, 0.3) is 0 Å². The van der Waals surface area contributed by atoms with Crippen molar-refractivity contribution in [2.24, 2.45) is 23.5 Å². The van der Waals surface area contributed by atoms with E-state index in [0.717, 1.165) is 5.56 Å². The quantitative estimate of drug-likeness (QED) is 0.0483. The van der Waals surface area contributed by atoms with Crippen molar-refractivity contribution in [3.05, 3.63) is 29.8 Å². The molecule has 2 atom stereocenters. The van der Waals surface area contributed by atoms with E-state index in [2.05, 4.69) is 26.6 Å².